The summed E-state index contributed by atoms with van der Waals surface area (Å²) in [6.45, 7) is 0. The summed E-state index contributed by atoms with van der Waals surface area (Å²) in [5.41, 5.74) is 17.6. The van der Waals surface area contributed by atoms with Crippen LogP contribution in [0.5, 0.6) is 0 Å². The predicted molar refractivity (Wildman–Crippen MR) is 267 cm³/mol. The van der Waals surface area contributed by atoms with E-state index in [4.69, 9.17) is 0 Å². The van der Waals surface area contributed by atoms with Crippen molar-refractivity contribution in [1.82, 2.24) is 0 Å². The predicted octanol–water partition coefficient (Wildman–Crippen LogP) is 17.5. The quantitative estimate of drug-likeness (QED) is 0.140. The molecule has 292 valence electrons. The highest BCUT2D eigenvalue weighted by molar-refractivity contribution is 7.25. The molecule has 1 heterocycles. The Morgan fingerprint density at radius 1 is 0.258 bits per heavy atom. The third-order valence-corrected chi connectivity index (χ3v) is 13.1. The third-order valence-electron chi connectivity index (χ3n) is 11.9. The second-order valence-corrected chi connectivity index (χ2v) is 16.7. The molecule has 0 aliphatic carbocycles. The molecule has 0 aliphatic heterocycles. The minimum Gasteiger partial charge on any atom is -0.310 e. The minimum atomic E-state index is 1.08. The zero-order valence-corrected chi connectivity index (χ0v) is 34.8. The molecule has 0 saturated carbocycles. The standard InChI is InChI=1S/C60H41NS/c1-4-15-42(16-5-1)43-27-29-44(30-28-43)45-31-36-50(37-32-45)61(51-38-33-46(34-39-51)49-35-40-59-56(41-49)54-22-12-13-26-58(54)62-59)57-25-14-24-53(48-19-8-3-9-20-48)60(57)55-23-11-10-21-52(55)47-17-6-2-7-18-47/h1-41H. The van der Waals surface area contributed by atoms with Crippen LogP contribution in [0.1, 0.15) is 0 Å². The first kappa shape index (κ1) is 37.2. The molecule has 2 heteroatoms. The monoisotopic (exact) mass is 807 g/mol. The third kappa shape index (κ3) is 7.07. The lowest BCUT2D eigenvalue weighted by Crippen LogP contribution is -2.12. The van der Waals surface area contributed by atoms with Crippen molar-refractivity contribution in [2.75, 3.05) is 4.90 Å². The number of hydrogen-bond acceptors (Lipinski definition) is 2. The van der Waals surface area contributed by atoms with Gasteiger partial charge in [-0.1, -0.05) is 200 Å². The Balaban J connectivity index is 1.07. The molecule has 0 saturated heterocycles. The van der Waals surface area contributed by atoms with Crippen molar-refractivity contribution in [3.05, 3.63) is 249 Å². The zero-order valence-electron chi connectivity index (χ0n) is 34.0. The summed E-state index contributed by atoms with van der Waals surface area (Å²) in [5, 5.41) is 2.62. The van der Waals surface area contributed by atoms with E-state index < -0.39 is 0 Å². The molecule has 0 bridgehead atoms. The van der Waals surface area contributed by atoms with Gasteiger partial charge in [-0.3, -0.25) is 0 Å². The van der Waals surface area contributed by atoms with Gasteiger partial charge in [-0.15, -0.1) is 11.3 Å². The van der Waals surface area contributed by atoms with Crippen LogP contribution in [0.4, 0.5) is 17.1 Å². The molecule has 0 radical (unpaired) electrons. The van der Waals surface area contributed by atoms with Gasteiger partial charge in [0.2, 0.25) is 0 Å². The Hall–Kier alpha value is -7.78. The fourth-order valence-corrected chi connectivity index (χ4v) is 9.95. The lowest BCUT2D eigenvalue weighted by molar-refractivity contribution is 1.28. The van der Waals surface area contributed by atoms with Crippen molar-refractivity contribution in [2.24, 2.45) is 0 Å². The fourth-order valence-electron chi connectivity index (χ4n) is 8.86. The SMILES string of the molecule is c1ccc(-c2ccc(-c3ccc(N(c4ccc(-c5ccc6sc7ccccc7c6c5)cc4)c4cccc(-c5ccccc5)c4-c4ccccc4-c4ccccc4)cc3)cc2)cc1. The summed E-state index contributed by atoms with van der Waals surface area (Å²) in [5.74, 6) is 0. The summed E-state index contributed by atoms with van der Waals surface area (Å²) in [6.07, 6.45) is 0. The lowest BCUT2D eigenvalue weighted by Gasteiger charge is -2.30. The topological polar surface area (TPSA) is 3.24 Å². The van der Waals surface area contributed by atoms with Gasteiger partial charge in [0.25, 0.3) is 0 Å². The highest BCUT2D eigenvalue weighted by atomic mass is 32.1. The average Bonchev–Trinajstić information content (AvgIpc) is 3.73. The van der Waals surface area contributed by atoms with Gasteiger partial charge >= 0.3 is 0 Å². The Kier molecular flexibility index (Phi) is 9.82. The highest BCUT2D eigenvalue weighted by Crippen LogP contribution is 2.48. The van der Waals surface area contributed by atoms with Gasteiger partial charge in [-0.2, -0.15) is 0 Å². The van der Waals surface area contributed by atoms with Crippen LogP contribution in [0.2, 0.25) is 0 Å². The summed E-state index contributed by atoms with van der Waals surface area (Å²) < 4.78 is 2.64. The molecule has 0 N–H and O–H groups in total. The first-order valence-corrected chi connectivity index (χ1v) is 22.0. The number of fused-ring (bicyclic) bond motifs is 3. The normalized spacial score (nSPS) is 11.2. The fraction of sp³-hybridized carbons (Fsp3) is 0. The molecule has 62 heavy (non-hydrogen) atoms. The number of rotatable bonds is 9. The molecule has 11 aromatic rings. The van der Waals surface area contributed by atoms with Crippen molar-refractivity contribution in [1.29, 1.82) is 0 Å². The van der Waals surface area contributed by atoms with E-state index in [1.807, 2.05) is 11.3 Å². The lowest BCUT2D eigenvalue weighted by atomic mass is 9.87. The van der Waals surface area contributed by atoms with Crippen LogP contribution in [-0.4, -0.2) is 0 Å². The maximum Gasteiger partial charge on any atom is 0.0546 e. The molecule has 0 atom stereocenters. The largest absolute Gasteiger partial charge is 0.310 e. The van der Waals surface area contributed by atoms with Crippen molar-refractivity contribution in [3.63, 3.8) is 0 Å². The van der Waals surface area contributed by atoms with E-state index in [0.29, 0.717) is 0 Å². The number of anilines is 3. The van der Waals surface area contributed by atoms with Crippen molar-refractivity contribution < 1.29 is 0 Å². The number of thiophene rings is 1. The second-order valence-electron chi connectivity index (χ2n) is 15.7. The molecule has 0 amide bonds. The van der Waals surface area contributed by atoms with Crippen LogP contribution >= 0.6 is 11.3 Å². The van der Waals surface area contributed by atoms with Crippen LogP contribution in [-0.2, 0) is 0 Å². The van der Waals surface area contributed by atoms with Crippen LogP contribution in [0, 0.1) is 0 Å². The Labute approximate surface area is 367 Å². The molecule has 1 aromatic heterocycles. The number of benzene rings is 10. The van der Waals surface area contributed by atoms with E-state index in [2.05, 4.69) is 254 Å². The van der Waals surface area contributed by atoms with E-state index >= 15 is 0 Å². The molecule has 0 aliphatic rings. The molecule has 1 nitrogen and oxygen atoms in total. The van der Waals surface area contributed by atoms with Crippen LogP contribution in [0.25, 0.3) is 86.9 Å². The van der Waals surface area contributed by atoms with E-state index in [9.17, 15) is 0 Å². The molecule has 10 aromatic carbocycles. The van der Waals surface area contributed by atoms with Gasteiger partial charge in [-0.05, 0) is 110 Å². The molecule has 0 spiro atoms. The summed E-state index contributed by atoms with van der Waals surface area (Å²) in [6, 6.07) is 90.4. The van der Waals surface area contributed by atoms with Gasteiger partial charge < -0.3 is 4.90 Å². The highest BCUT2D eigenvalue weighted by Gasteiger charge is 2.23. The average molecular weight is 808 g/mol. The van der Waals surface area contributed by atoms with Gasteiger partial charge in [0.1, 0.15) is 0 Å². The molecule has 0 unspecified atom stereocenters. The molecule has 0 fully saturated rings. The Morgan fingerprint density at radius 3 is 1.29 bits per heavy atom. The Morgan fingerprint density at radius 2 is 0.677 bits per heavy atom. The number of nitrogens with zero attached hydrogens (tertiary/aromatic N) is 1. The zero-order chi connectivity index (χ0) is 41.2. The first-order chi connectivity index (χ1) is 30.7. The number of hydrogen-bond donors (Lipinski definition) is 0. The van der Waals surface area contributed by atoms with E-state index in [-0.39, 0.29) is 0 Å². The van der Waals surface area contributed by atoms with Gasteiger partial charge in [-0.25, -0.2) is 0 Å². The minimum absolute atomic E-state index is 1.08. The van der Waals surface area contributed by atoms with E-state index in [1.54, 1.807) is 0 Å². The second kappa shape index (κ2) is 16.3. The molecule has 11 rings (SSSR count). The maximum absolute atomic E-state index is 2.44. The van der Waals surface area contributed by atoms with Crippen molar-refractivity contribution >= 4 is 48.6 Å². The van der Waals surface area contributed by atoms with E-state index in [1.165, 1.54) is 86.9 Å². The summed E-state index contributed by atoms with van der Waals surface area (Å²) in [7, 11) is 0. The van der Waals surface area contributed by atoms with Gasteiger partial charge in [0.15, 0.2) is 0 Å². The Bertz CT molecular complexity index is 3300. The van der Waals surface area contributed by atoms with Crippen molar-refractivity contribution in [3.8, 4) is 66.8 Å². The van der Waals surface area contributed by atoms with Gasteiger partial charge in [0.05, 0.1) is 5.69 Å². The maximum atomic E-state index is 2.44. The van der Waals surface area contributed by atoms with Crippen LogP contribution in [0.15, 0.2) is 249 Å². The molecular weight excluding hydrogens is 767 g/mol. The molecular formula is C60H41NS. The van der Waals surface area contributed by atoms with Crippen LogP contribution in [0.3, 0.4) is 0 Å². The van der Waals surface area contributed by atoms with Crippen LogP contribution < -0.4 is 4.90 Å². The van der Waals surface area contributed by atoms with Crippen molar-refractivity contribution in [2.45, 2.75) is 0 Å². The first-order valence-electron chi connectivity index (χ1n) is 21.2. The van der Waals surface area contributed by atoms with E-state index in [0.717, 1.165) is 17.1 Å². The van der Waals surface area contributed by atoms with Gasteiger partial charge in [0, 0.05) is 37.1 Å². The summed E-state index contributed by atoms with van der Waals surface area (Å²) in [4.78, 5) is 2.44. The summed E-state index contributed by atoms with van der Waals surface area (Å²) >= 11 is 1.86. The smallest absolute Gasteiger partial charge is 0.0546 e.